The van der Waals surface area contributed by atoms with Crippen molar-refractivity contribution in [2.45, 2.75) is 6.42 Å². The smallest absolute Gasteiger partial charge is 0.309 e. The van der Waals surface area contributed by atoms with Gasteiger partial charge in [-0.1, -0.05) is 40.2 Å². The van der Waals surface area contributed by atoms with Gasteiger partial charge in [0.2, 0.25) is 0 Å². The number of benzene rings is 1. The van der Waals surface area contributed by atoms with Crippen molar-refractivity contribution in [1.82, 2.24) is 0 Å². The molecule has 74 valence electrons. The first-order chi connectivity index (χ1) is 6.72. The van der Waals surface area contributed by atoms with E-state index in [0.717, 1.165) is 10.0 Å². The third kappa shape index (κ3) is 3.75. The van der Waals surface area contributed by atoms with E-state index in [1.165, 1.54) is 7.11 Å². The lowest BCUT2D eigenvalue weighted by atomic mass is 10.2. The lowest BCUT2D eigenvalue weighted by Gasteiger charge is -1.94. The van der Waals surface area contributed by atoms with Crippen LogP contribution in [0.3, 0.4) is 0 Å². The fourth-order valence-corrected chi connectivity index (χ4v) is 1.21. The SMILES string of the molecule is COC(=O)C/C=C\c1ccc(Br)cc1. The average Bonchev–Trinajstić information content (AvgIpc) is 2.21. The zero-order valence-electron chi connectivity index (χ0n) is 7.87. The molecule has 0 amide bonds. The minimum atomic E-state index is -0.224. The molecule has 0 aromatic heterocycles. The number of carbonyl (C=O) groups excluding carboxylic acids is 1. The molecule has 0 heterocycles. The molecule has 0 radical (unpaired) electrons. The van der Waals surface area contributed by atoms with Gasteiger partial charge < -0.3 is 4.74 Å². The monoisotopic (exact) mass is 254 g/mol. The van der Waals surface area contributed by atoms with Gasteiger partial charge in [0.25, 0.3) is 0 Å². The Morgan fingerprint density at radius 3 is 2.64 bits per heavy atom. The minimum absolute atomic E-state index is 0.224. The van der Waals surface area contributed by atoms with Gasteiger partial charge in [-0.2, -0.15) is 0 Å². The highest BCUT2D eigenvalue weighted by molar-refractivity contribution is 9.10. The van der Waals surface area contributed by atoms with Gasteiger partial charge in [0, 0.05) is 4.47 Å². The first kappa shape index (κ1) is 11.0. The zero-order valence-corrected chi connectivity index (χ0v) is 9.45. The van der Waals surface area contributed by atoms with Crippen LogP contribution in [0, 0.1) is 0 Å². The van der Waals surface area contributed by atoms with Crippen molar-refractivity contribution in [2.24, 2.45) is 0 Å². The summed E-state index contributed by atoms with van der Waals surface area (Å²) in [6, 6.07) is 7.85. The van der Waals surface area contributed by atoms with Crippen molar-refractivity contribution in [2.75, 3.05) is 7.11 Å². The van der Waals surface area contributed by atoms with Crippen LogP contribution >= 0.6 is 15.9 Å². The number of rotatable bonds is 3. The van der Waals surface area contributed by atoms with Gasteiger partial charge in [0.15, 0.2) is 0 Å². The van der Waals surface area contributed by atoms with Crippen LogP contribution in [0.5, 0.6) is 0 Å². The summed E-state index contributed by atoms with van der Waals surface area (Å²) < 4.78 is 5.55. The summed E-state index contributed by atoms with van der Waals surface area (Å²) in [7, 11) is 1.38. The Morgan fingerprint density at radius 1 is 1.43 bits per heavy atom. The van der Waals surface area contributed by atoms with Crippen LogP contribution in [-0.2, 0) is 9.53 Å². The number of methoxy groups -OCH3 is 1. The summed E-state index contributed by atoms with van der Waals surface area (Å²) in [5.41, 5.74) is 1.07. The number of halogens is 1. The highest BCUT2D eigenvalue weighted by Crippen LogP contribution is 2.11. The van der Waals surface area contributed by atoms with Crippen LogP contribution < -0.4 is 0 Å². The molecule has 0 saturated carbocycles. The summed E-state index contributed by atoms with van der Waals surface area (Å²) in [5, 5.41) is 0. The standard InChI is InChI=1S/C11H11BrO2/c1-14-11(13)4-2-3-9-5-7-10(12)8-6-9/h2-3,5-8H,4H2,1H3/b3-2-. The normalized spacial score (nSPS) is 10.4. The van der Waals surface area contributed by atoms with Crippen molar-refractivity contribution in [3.63, 3.8) is 0 Å². The van der Waals surface area contributed by atoms with Crippen molar-refractivity contribution >= 4 is 28.0 Å². The lowest BCUT2D eigenvalue weighted by Crippen LogP contribution is -1.96. The molecule has 1 rings (SSSR count). The maximum absolute atomic E-state index is 10.8. The summed E-state index contributed by atoms with van der Waals surface area (Å²) in [4.78, 5) is 10.8. The molecule has 0 spiro atoms. The van der Waals surface area contributed by atoms with Gasteiger partial charge in [0.05, 0.1) is 13.5 Å². The van der Waals surface area contributed by atoms with Crippen LogP contribution in [0.2, 0.25) is 0 Å². The Kier molecular flexibility index (Phi) is 4.40. The molecule has 0 N–H and O–H groups in total. The van der Waals surface area contributed by atoms with E-state index in [1.807, 2.05) is 30.3 Å². The van der Waals surface area contributed by atoms with E-state index in [-0.39, 0.29) is 5.97 Å². The summed E-state index contributed by atoms with van der Waals surface area (Å²) >= 11 is 3.35. The molecule has 14 heavy (non-hydrogen) atoms. The fourth-order valence-electron chi connectivity index (χ4n) is 0.948. The Labute approximate surface area is 91.7 Å². The summed E-state index contributed by atoms with van der Waals surface area (Å²) in [6.07, 6.45) is 3.99. The van der Waals surface area contributed by atoms with Gasteiger partial charge in [-0.05, 0) is 17.7 Å². The zero-order chi connectivity index (χ0) is 10.4. The van der Waals surface area contributed by atoms with E-state index >= 15 is 0 Å². The maximum atomic E-state index is 10.8. The molecule has 0 saturated heterocycles. The first-order valence-corrected chi connectivity index (χ1v) is 5.00. The Bertz CT molecular complexity index is 328. The van der Waals surface area contributed by atoms with E-state index in [4.69, 9.17) is 0 Å². The molecule has 0 fully saturated rings. The number of hydrogen-bond donors (Lipinski definition) is 0. The molecule has 1 aromatic rings. The average molecular weight is 255 g/mol. The molecular weight excluding hydrogens is 244 g/mol. The second kappa shape index (κ2) is 5.60. The number of ether oxygens (including phenoxy) is 1. The van der Waals surface area contributed by atoms with E-state index in [0.29, 0.717) is 6.42 Å². The Morgan fingerprint density at radius 2 is 2.07 bits per heavy atom. The molecular formula is C11H11BrO2. The maximum Gasteiger partial charge on any atom is 0.309 e. The molecule has 0 aliphatic carbocycles. The van der Waals surface area contributed by atoms with Crippen molar-refractivity contribution in [3.05, 3.63) is 40.4 Å². The molecule has 1 aromatic carbocycles. The summed E-state index contributed by atoms with van der Waals surface area (Å²) in [5.74, 6) is -0.224. The second-order valence-corrected chi connectivity index (χ2v) is 3.65. The minimum Gasteiger partial charge on any atom is -0.469 e. The van der Waals surface area contributed by atoms with Crippen LogP contribution in [0.4, 0.5) is 0 Å². The van der Waals surface area contributed by atoms with E-state index in [2.05, 4.69) is 20.7 Å². The fraction of sp³-hybridized carbons (Fsp3) is 0.182. The molecule has 0 bridgehead atoms. The van der Waals surface area contributed by atoms with Gasteiger partial charge in [-0.25, -0.2) is 0 Å². The highest BCUT2D eigenvalue weighted by Gasteiger charge is 1.93. The Hall–Kier alpha value is -1.09. The van der Waals surface area contributed by atoms with Gasteiger partial charge in [-0.3, -0.25) is 4.79 Å². The summed E-state index contributed by atoms with van der Waals surface area (Å²) in [6.45, 7) is 0. The van der Waals surface area contributed by atoms with Crippen molar-refractivity contribution in [3.8, 4) is 0 Å². The predicted octanol–water partition coefficient (Wildman–Crippen LogP) is 3.03. The lowest BCUT2D eigenvalue weighted by molar-refractivity contribution is -0.139. The third-order valence-corrected chi connectivity index (χ3v) is 2.22. The Balaban J connectivity index is 2.52. The van der Waals surface area contributed by atoms with Gasteiger partial charge >= 0.3 is 5.97 Å². The second-order valence-electron chi connectivity index (χ2n) is 2.73. The first-order valence-electron chi connectivity index (χ1n) is 4.21. The van der Waals surface area contributed by atoms with Crippen LogP contribution in [-0.4, -0.2) is 13.1 Å². The number of esters is 1. The topological polar surface area (TPSA) is 26.3 Å². The van der Waals surface area contributed by atoms with Crippen LogP contribution in [0.25, 0.3) is 6.08 Å². The number of hydrogen-bond acceptors (Lipinski definition) is 2. The molecule has 0 atom stereocenters. The van der Waals surface area contributed by atoms with Gasteiger partial charge in [0.1, 0.15) is 0 Å². The van der Waals surface area contributed by atoms with Crippen molar-refractivity contribution in [1.29, 1.82) is 0 Å². The molecule has 3 heteroatoms. The van der Waals surface area contributed by atoms with E-state index < -0.39 is 0 Å². The van der Waals surface area contributed by atoms with Crippen molar-refractivity contribution < 1.29 is 9.53 Å². The quantitative estimate of drug-likeness (QED) is 0.776. The number of carbonyl (C=O) groups is 1. The largest absolute Gasteiger partial charge is 0.469 e. The molecule has 0 aliphatic rings. The molecule has 0 unspecified atom stereocenters. The van der Waals surface area contributed by atoms with Crippen LogP contribution in [0.1, 0.15) is 12.0 Å². The highest BCUT2D eigenvalue weighted by atomic mass is 79.9. The molecule has 0 aliphatic heterocycles. The predicted molar refractivity (Wildman–Crippen MR) is 59.8 cm³/mol. The van der Waals surface area contributed by atoms with Gasteiger partial charge in [-0.15, -0.1) is 0 Å². The van der Waals surface area contributed by atoms with Crippen LogP contribution in [0.15, 0.2) is 34.8 Å². The van der Waals surface area contributed by atoms with E-state index in [9.17, 15) is 4.79 Å². The molecule has 2 nitrogen and oxygen atoms in total. The van der Waals surface area contributed by atoms with E-state index in [1.54, 1.807) is 6.08 Å². The third-order valence-electron chi connectivity index (χ3n) is 1.69.